The smallest absolute Gasteiger partial charge is 0.210 e. The van der Waals surface area contributed by atoms with Crippen LogP contribution < -0.4 is 4.90 Å². The van der Waals surface area contributed by atoms with Crippen molar-refractivity contribution in [3.05, 3.63) is 10.7 Å². The summed E-state index contributed by atoms with van der Waals surface area (Å²) in [7, 11) is -1.45. The normalized spacial score (nSPS) is 17.2. The van der Waals surface area contributed by atoms with E-state index in [9.17, 15) is 8.42 Å². The maximum Gasteiger partial charge on any atom is 0.210 e. The summed E-state index contributed by atoms with van der Waals surface area (Å²) in [5.74, 6) is 1.32. The summed E-state index contributed by atoms with van der Waals surface area (Å²) in [6.07, 6.45) is 6.93. The number of nitrogens with zero attached hydrogens (tertiary/aromatic N) is 4. The lowest BCUT2D eigenvalue weighted by Crippen LogP contribution is -2.39. The van der Waals surface area contributed by atoms with E-state index in [1.54, 1.807) is 13.2 Å². The molecule has 0 spiro atoms. The highest BCUT2D eigenvalue weighted by Crippen LogP contribution is 2.29. The molecule has 1 fully saturated rings. The second-order valence-corrected chi connectivity index (χ2v) is 9.22. The Labute approximate surface area is 144 Å². The van der Waals surface area contributed by atoms with Crippen LogP contribution in [0.5, 0.6) is 0 Å². The molecule has 0 radical (unpaired) electrons. The van der Waals surface area contributed by atoms with Crippen molar-refractivity contribution in [3.63, 3.8) is 0 Å². The minimum Gasteiger partial charge on any atom is -0.356 e. The molecule has 1 aliphatic rings. The van der Waals surface area contributed by atoms with Crippen LogP contribution in [-0.4, -0.2) is 61.9 Å². The van der Waals surface area contributed by atoms with Gasteiger partial charge in [0.05, 0.1) is 10.7 Å². The molecule has 124 valence electrons. The van der Waals surface area contributed by atoms with E-state index in [4.69, 9.17) is 0 Å². The Bertz CT molecular complexity index is 618. The molecule has 0 aromatic carbocycles. The van der Waals surface area contributed by atoms with Crippen molar-refractivity contribution in [2.24, 2.45) is 5.92 Å². The Balaban J connectivity index is 1.98. The first kappa shape index (κ1) is 18.0. The molecular formula is C13H21BrN4O2S2. The first-order chi connectivity index (χ1) is 10.3. The minimum atomic E-state index is -3.09. The van der Waals surface area contributed by atoms with E-state index < -0.39 is 10.0 Å². The van der Waals surface area contributed by atoms with Crippen LogP contribution in [0.25, 0.3) is 0 Å². The predicted octanol–water partition coefficient (Wildman–Crippen LogP) is 2.07. The van der Waals surface area contributed by atoms with Crippen molar-refractivity contribution in [3.8, 4) is 0 Å². The molecule has 0 saturated carbocycles. The third kappa shape index (κ3) is 4.56. The summed E-state index contributed by atoms with van der Waals surface area (Å²) in [5, 5.41) is 0.761. The molecule has 1 aromatic heterocycles. The molecule has 0 unspecified atom stereocenters. The number of aromatic nitrogens is 2. The highest BCUT2D eigenvalue weighted by molar-refractivity contribution is 9.10. The van der Waals surface area contributed by atoms with E-state index in [1.807, 2.05) is 6.26 Å². The molecule has 1 saturated heterocycles. The van der Waals surface area contributed by atoms with Gasteiger partial charge in [0, 0.05) is 32.9 Å². The van der Waals surface area contributed by atoms with Crippen LogP contribution in [0, 0.1) is 5.92 Å². The minimum absolute atomic E-state index is 0.400. The predicted molar refractivity (Wildman–Crippen MR) is 93.9 cm³/mol. The molecular weight excluding hydrogens is 388 g/mol. The molecule has 0 atom stereocenters. The maximum atomic E-state index is 11.5. The molecule has 0 amide bonds. The fourth-order valence-corrected chi connectivity index (χ4v) is 3.75. The van der Waals surface area contributed by atoms with Gasteiger partial charge in [0.25, 0.3) is 0 Å². The van der Waals surface area contributed by atoms with Crippen LogP contribution in [-0.2, 0) is 10.0 Å². The van der Waals surface area contributed by atoms with Crippen LogP contribution in [0.3, 0.4) is 0 Å². The third-order valence-electron chi connectivity index (χ3n) is 3.88. The number of hydrogen-bond acceptors (Lipinski definition) is 6. The summed E-state index contributed by atoms with van der Waals surface area (Å²) in [5.41, 5.74) is 0. The van der Waals surface area contributed by atoms with E-state index in [-0.39, 0.29) is 0 Å². The zero-order chi connectivity index (χ0) is 16.3. The first-order valence-electron chi connectivity index (χ1n) is 7.04. The lowest BCUT2D eigenvalue weighted by atomic mass is 9.97. The number of halogens is 1. The summed E-state index contributed by atoms with van der Waals surface area (Å²) in [6, 6.07) is 0. The largest absolute Gasteiger partial charge is 0.356 e. The number of rotatable bonds is 5. The van der Waals surface area contributed by atoms with Crippen molar-refractivity contribution in [2.45, 2.75) is 18.0 Å². The molecule has 0 bridgehead atoms. The molecule has 6 nitrogen and oxygen atoms in total. The lowest BCUT2D eigenvalue weighted by Gasteiger charge is -2.34. The number of piperidine rings is 1. The van der Waals surface area contributed by atoms with Gasteiger partial charge < -0.3 is 4.90 Å². The number of sulfonamides is 1. The standard InChI is InChI=1S/C13H21BrN4O2S2/c1-17(22(3,19)20)9-10-4-6-18(7-5-10)12-11(14)8-15-13(16-12)21-2/h8,10H,4-7,9H2,1-3H3. The molecule has 22 heavy (non-hydrogen) atoms. The van der Waals surface area contributed by atoms with Crippen LogP contribution in [0.1, 0.15) is 12.8 Å². The zero-order valence-electron chi connectivity index (χ0n) is 13.0. The van der Waals surface area contributed by atoms with Crippen molar-refractivity contribution in [1.29, 1.82) is 0 Å². The molecule has 2 heterocycles. The monoisotopic (exact) mass is 408 g/mol. The van der Waals surface area contributed by atoms with Crippen molar-refractivity contribution in [2.75, 3.05) is 44.1 Å². The molecule has 9 heteroatoms. The van der Waals surface area contributed by atoms with E-state index >= 15 is 0 Å². The van der Waals surface area contributed by atoms with Gasteiger partial charge in [0.2, 0.25) is 10.0 Å². The van der Waals surface area contributed by atoms with Crippen molar-refractivity contribution in [1.82, 2.24) is 14.3 Å². The molecule has 1 aromatic rings. The van der Waals surface area contributed by atoms with Gasteiger partial charge in [0.1, 0.15) is 5.82 Å². The third-order valence-corrected chi connectivity index (χ3v) is 6.28. The number of thioether (sulfide) groups is 1. The van der Waals surface area contributed by atoms with Gasteiger partial charge in [-0.25, -0.2) is 22.7 Å². The Hall–Kier alpha value is -0.380. The highest BCUT2D eigenvalue weighted by Gasteiger charge is 2.25. The number of hydrogen-bond donors (Lipinski definition) is 0. The van der Waals surface area contributed by atoms with Crippen LogP contribution in [0.4, 0.5) is 5.82 Å². The van der Waals surface area contributed by atoms with Crippen LogP contribution in [0.15, 0.2) is 15.8 Å². The molecule has 0 N–H and O–H groups in total. The van der Waals surface area contributed by atoms with E-state index in [0.29, 0.717) is 12.5 Å². The molecule has 0 aliphatic carbocycles. The van der Waals surface area contributed by atoms with Crippen molar-refractivity contribution >= 4 is 43.5 Å². The first-order valence-corrected chi connectivity index (χ1v) is 10.9. The van der Waals surface area contributed by atoms with E-state index in [2.05, 4.69) is 30.8 Å². The summed E-state index contributed by atoms with van der Waals surface area (Å²) >= 11 is 5.04. The van der Waals surface area contributed by atoms with Gasteiger partial charge in [-0.1, -0.05) is 11.8 Å². The SMILES string of the molecule is CSc1ncc(Br)c(N2CCC(CN(C)S(C)(=O)=O)CC2)n1. The highest BCUT2D eigenvalue weighted by atomic mass is 79.9. The fraction of sp³-hybridized carbons (Fsp3) is 0.692. The Morgan fingerprint density at radius 2 is 2.09 bits per heavy atom. The van der Waals surface area contributed by atoms with Crippen LogP contribution in [0.2, 0.25) is 0 Å². The van der Waals surface area contributed by atoms with Gasteiger partial charge >= 0.3 is 0 Å². The van der Waals surface area contributed by atoms with Gasteiger partial charge in [-0.05, 0) is 40.9 Å². The zero-order valence-corrected chi connectivity index (χ0v) is 16.2. The fourth-order valence-electron chi connectivity index (χ4n) is 2.49. The molecule has 1 aliphatic heterocycles. The second kappa shape index (κ2) is 7.46. The van der Waals surface area contributed by atoms with Gasteiger partial charge in [0.15, 0.2) is 5.16 Å². The molecule has 2 rings (SSSR count). The Morgan fingerprint density at radius 3 is 2.64 bits per heavy atom. The summed E-state index contributed by atoms with van der Waals surface area (Å²) in [6.45, 7) is 2.35. The van der Waals surface area contributed by atoms with Crippen LogP contribution >= 0.6 is 27.7 Å². The second-order valence-electron chi connectivity index (χ2n) is 5.50. The summed E-state index contributed by atoms with van der Waals surface area (Å²) in [4.78, 5) is 11.0. The van der Waals surface area contributed by atoms with Crippen molar-refractivity contribution < 1.29 is 8.42 Å². The summed E-state index contributed by atoms with van der Waals surface area (Å²) < 4.78 is 25.3. The van der Waals surface area contributed by atoms with Gasteiger partial charge in [-0.2, -0.15) is 0 Å². The van der Waals surface area contributed by atoms with E-state index in [1.165, 1.54) is 22.3 Å². The lowest BCUT2D eigenvalue weighted by molar-refractivity contribution is 0.328. The average Bonchev–Trinajstić information content (AvgIpc) is 2.48. The average molecular weight is 409 g/mol. The quantitative estimate of drug-likeness (QED) is 0.548. The number of anilines is 1. The van der Waals surface area contributed by atoms with Gasteiger partial charge in [-0.3, -0.25) is 0 Å². The Morgan fingerprint density at radius 1 is 1.45 bits per heavy atom. The topological polar surface area (TPSA) is 66.4 Å². The van der Waals surface area contributed by atoms with Gasteiger partial charge in [-0.15, -0.1) is 0 Å². The van der Waals surface area contributed by atoms with E-state index in [0.717, 1.165) is 41.4 Å². The Kier molecular flexibility index (Phi) is 6.09. The maximum absolute atomic E-state index is 11.5.